The molecule has 1 atom stereocenters. The van der Waals surface area contributed by atoms with Crippen LogP contribution in [0.25, 0.3) is 0 Å². The van der Waals surface area contributed by atoms with E-state index in [2.05, 4.69) is 5.32 Å². The number of anilines is 1. The van der Waals surface area contributed by atoms with Gasteiger partial charge in [-0.25, -0.2) is 0 Å². The van der Waals surface area contributed by atoms with Crippen LogP contribution in [-0.2, 0) is 11.2 Å². The molecule has 2 aromatic rings. The molecular formula is C18H18ClNO3. The highest BCUT2D eigenvalue weighted by Crippen LogP contribution is 2.30. The molecule has 1 N–H and O–H groups in total. The van der Waals surface area contributed by atoms with Crippen molar-refractivity contribution >= 4 is 23.2 Å². The minimum atomic E-state index is -0.229. The van der Waals surface area contributed by atoms with Crippen LogP contribution in [-0.4, -0.2) is 19.1 Å². The molecule has 0 spiro atoms. The number of amides is 1. The Morgan fingerprint density at radius 3 is 2.83 bits per heavy atom. The van der Waals surface area contributed by atoms with Crippen LogP contribution in [0.15, 0.2) is 42.5 Å². The van der Waals surface area contributed by atoms with Crippen molar-refractivity contribution in [2.45, 2.75) is 13.3 Å². The molecule has 23 heavy (non-hydrogen) atoms. The van der Waals surface area contributed by atoms with Gasteiger partial charge in [0.1, 0.15) is 18.1 Å². The summed E-state index contributed by atoms with van der Waals surface area (Å²) in [5.74, 6) is 1.31. The summed E-state index contributed by atoms with van der Waals surface area (Å²) in [6, 6.07) is 12.8. The number of halogens is 1. The zero-order chi connectivity index (χ0) is 16.2. The Kier molecular flexibility index (Phi) is 4.72. The van der Waals surface area contributed by atoms with E-state index in [1.165, 1.54) is 0 Å². The Balaban J connectivity index is 1.65. The van der Waals surface area contributed by atoms with E-state index in [4.69, 9.17) is 21.1 Å². The third-order valence-electron chi connectivity index (χ3n) is 3.73. The zero-order valence-corrected chi connectivity index (χ0v) is 13.6. The van der Waals surface area contributed by atoms with E-state index >= 15 is 0 Å². The van der Waals surface area contributed by atoms with Crippen molar-refractivity contribution in [1.29, 1.82) is 0 Å². The maximum absolute atomic E-state index is 12.4. The topological polar surface area (TPSA) is 47.6 Å². The number of benzene rings is 2. The van der Waals surface area contributed by atoms with Crippen molar-refractivity contribution < 1.29 is 14.3 Å². The van der Waals surface area contributed by atoms with Crippen LogP contribution in [0.5, 0.6) is 11.5 Å². The van der Waals surface area contributed by atoms with Crippen molar-refractivity contribution in [2.24, 2.45) is 5.92 Å². The fraction of sp³-hybridized carbons (Fsp3) is 0.278. The normalized spacial score (nSPS) is 16.2. The third-order valence-corrected chi connectivity index (χ3v) is 3.97. The molecule has 0 saturated carbocycles. The van der Waals surface area contributed by atoms with E-state index in [0.29, 0.717) is 24.7 Å². The van der Waals surface area contributed by atoms with Gasteiger partial charge in [-0.1, -0.05) is 11.6 Å². The maximum Gasteiger partial charge on any atom is 0.231 e. The van der Waals surface area contributed by atoms with Gasteiger partial charge in [-0.3, -0.25) is 4.79 Å². The van der Waals surface area contributed by atoms with Gasteiger partial charge in [0, 0.05) is 10.7 Å². The highest BCUT2D eigenvalue weighted by atomic mass is 35.5. The Labute approximate surface area is 140 Å². The first-order valence-corrected chi connectivity index (χ1v) is 7.98. The van der Waals surface area contributed by atoms with Crippen LogP contribution in [0.2, 0.25) is 5.02 Å². The Bertz CT molecular complexity index is 700. The molecule has 0 aromatic heterocycles. The quantitative estimate of drug-likeness (QED) is 0.923. The second kappa shape index (κ2) is 6.92. The van der Waals surface area contributed by atoms with Crippen LogP contribution in [0, 0.1) is 5.92 Å². The number of nitrogens with one attached hydrogen (secondary N) is 1. The van der Waals surface area contributed by atoms with Crippen molar-refractivity contribution in [2.75, 3.05) is 18.5 Å². The minimum absolute atomic E-state index is 0.0558. The van der Waals surface area contributed by atoms with Gasteiger partial charge in [-0.2, -0.15) is 0 Å². The molecule has 5 heteroatoms. The number of rotatable bonds is 4. The SMILES string of the molecule is CCOc1ccc(NC(=O)[C@@H]2COc3ccc(Cl)cc3C2)cc1. The second-order valence-corrected chi connectivity index (χ2v) is 5.85. The smallest absolute Gasteiger partial charge is 0.231 e. The van der Waals surface area contributed by atoms with Crippen molar-refractivity contribution in [1.82, 2.24) is 0 Å². The van der Waals surface area contributed by atoms with Crippen LogP contribution in [0.1, 0.15) is 12.5 Å². The summed E-state index contributed by atoms with van der Waals surface area (Å²) in [5, 5.41) is 3.57. The molecule has 2 aromatic carbocycles. The van der Waals surface area contributed by atoms with E-state index in [9.17, 15) is 4.79 Å². The average Bonchev–Trinajstić information content (AvgIpc) is 2.56. The number of hydrogen-bond donors (Lipinski definition) is 1. The van der Waals surface area contributed by atoms with Crippen LogP contribution in [0.3, 0.4) is 0 Å². The molecule has 4 nitrogen and oxygen atoms in total. The fourth-order valence-electron chi connectivity index (χ4n) is 2.58. The molecule has 120 valence electrons. The molecule has 1 amide bonds. The summed E-state index contributed by atoms with van der Waals surface area (Å²) in [6.07, 6.45) is 0.624. The van der Waals surface area contributed by atoms with Crippen LogP contribution >= 0.6 is 11.6 Å². The number of hydrogen-bond acceptors (Lipinski definition) is 3. The predicted octanol–water partition coefficient (Wildman–Crippen LogP) is 3.93. The van der Waals surface area contributed by atoms with E-state index < -0.39 is 0 Å². The largest absolute Gasteiger partial charge is 0.494 e. The molecule has 1 heterocycles. The van der Waals surface area contributed by atoms with Gasteiger partial charge in [0.2, 0.25) is 5.91 Å². The van der Waals surface area contributed by atoms with Crippen molar-refractivity contribution in [3.8, 4) is 11.5 Å². The molecule has 0 unspecified atom stereocenters. The first-order valence-electron chi connectivity index (χ1n) is 7.60. The summed E-state index contributed by atoms with van der Waals surface area (Å²) in [6.45, 7) is 2.92. The monoisotopic (exact) mass is 331 g/mol. The molecule has 0 fully saturated rings. The Morgan fingerprint density at radius 2 is 2.09 bits per heavy atom. The van der Waals surface area contributed by atoms with Gasteiger partial charge in [0.05, 0.1) is 12.5 Å². The highest BCUT2D eigenvalue weighted by molar-refractivity contribution is 6.30. The lowest BCUT2D eigenvalue weighted by Crippen LogP contribution is -2.32. The van der Waals surface area contributed by atoms with Crippen molar-refractivity contribution in [3.05, 3.63) is 53.1 Å². The van der Waals surface area contributed by atoms with Crippen LogP contribution in [0.4, 0.5) is 5.69 Å². The molecule has 0 aliphatic carbocycles. The zero-order valence-electron chi connectivity index (χ0n) is 12.8. The summed E-state index contributed by atoms with van der Waals surface area (Å²) >= 11 is 6.01. The number of carbonyl (C=O) groups is 1. The number of ether oxygens (including phenoxy) is 2. The molecule has 1 aliphatic rings. The van der Waals surface area contributed by atoms with E-state index in [1.807, 2.05) is 43.3 Å². The van der Waals surface area contributed by atoms with Gasteiger partial charge >= 0.3 is 0 Å². The standard InChI is InChI=1S/C18H18ClNO3/c1-2-22-16-6-4-15(5-7-16)20-18(21)13-9-12-10-14(19)3-8-17(12)23-11-13/h3-8,10,13H,2,9,11H2,1H3,(H,20,21)/t13-/m0/s1. The lowest BCUT2D eigenvalue weighted by atomic mass is 9.96. The third kappa shape index (κ3) is 3.77. The minimum Gasteiger partial charge on any atom is -0.494 e. The van der Waals surface area contributed by atoms with Gasteiger partial charge in [0.25, 0.3) is 0 Å². The maximum atomic E-state index is 12.4. The van der Waals surface area contributed by atoms with Crippen LogP contribution < -0.4 is 14.8 Å². The highest BCUT2D eigenvalue weighted by Gasteiger charge is 2.26. The number of fused-ring (bicyclic) bond motifs is 1. The second-order valence-electron chi connectivity index (χ2n) is 5.41. The number of carbonyl (C=O) groups excluding carboxylic acids is 1. The summed E-state index contributed by atoms with van der Waals surface area (Å²) in [4.78, 5) is 12.4. The van der Waals surface area contributed by atoms with E-state index in [0.717, 1.165) is 22.7 Å². The summed E-state index contributed by atoms with van der Waals surface area (Å²) in [7, 11) is 0. The lowest BCUT2D eigenvalue weighted by Gasteiger charge is -2.24. The molecule has 0 bridgehead atoms. The Morgan fingerprint density at radius 1 is 1.30 bits per heavy atom. The molecule has 3 rings (SSSR count). The lowest BCUT2D eigenvalue weighted by molar-refractivity contribution is -0.121. The fourth-order valence-corrected chi connectivity index (χ4v) is 2.77. The summed E-state index contributed by atoms with van der Waals surface area (Å²) in [5.41, 5.74) is 1.71. The molecular weight excluding hydrogens is 314 g/mol. The first-order chi connectivity index (χ1) is 11.2. The van der Waals surface area contributed by atoms with Gasteiger partial charge in [-0.05, 0) is 61.4 Å². The predicted molar refractivity (Wildman–Crippen MR) is 90.4 cm³/mol. The molecule has 0 saturated heterocycles. The average molecular weight is 332 g/mol. The van der Waals surface area contributed by atoms with Gasteiger partial charge in [0.15, 0.2) is 0 Å². The van der Waals surface area contributed by atoms with Gasteiger partial charge < -0.3 is 14.8 Å². The van der Waals surface area contributed by atoms with Crippen molar-refractivity contribution in [3.63, 3.8) is 0 Å². The summed E-state index contributed by atoms with van der Waals surface area (Å²) < 4.78 is 11.0. The molecule has 0 radical (unpaired) electrons. The van der Waals surface area contributed by atoms with E-state index in [-0.39, 0.29) is 11.8 Å². The Hall–Kier alpha value is -2.20. The molecule has 1 aliphatic heterocycles. The first kappa shape index (κ1) is 15.7. The van der Waals surface area contributed by atoms with Gasteiger partial charge in [-0.15, -0.1) is 0 Å². The van der Waals surface area contributed by atoms with E-state index in [1.54, 1.807) is 6.07 Å².